The zero-order valence-corrected chi connectivity index (χ0v) is 15.5. The molecule has 0 bridgehead atoms. The molecule has 0 aliphatic rings. The largest absolute Gasteiger partial charge is 0.468 e. The number of hydrogen-bond acceptors (Lipinski definition) is 3. The minimum atomic E-state index is -0.149. The van der Waals surface area contributed by atoms with Crippen molar-refractivity contribution in [1.82, 2.24) is 0 Å². The van der Waals surface area contributed by atoms with E-state index in [-0.39, 0.29) is 11.2 Å². The normalized spacial score (nSPS) is 12.6. The van der Waals surface area contributed by atoms with Crippen molar-refractivity contribution in [2.75, 3.05) is 7.11 Å². The highest BCUT2D eigenvalue weighted by Crippen LogP contribution is 2.27. The summed E-state index contributed by atoms with van der Waals surface area (Å²) >= 11 is 1.58. The Labute approximate surface area is 145 Å². The maximum Gasteiger partial charge on any atom is 0.319 e. The minimum absolute atomic E-state index is 0.144. The standard InChI is InChI=1S/C20H28O2S/c1-16(2)10-8-11-17(3)12-9-15-19(20(21)22-4)23-18-13-6-5-7-14-18/h5-7,10,12-14,19H,8-9,11,15H2,1-4H3/b17-12+. The molecule has 0 radical (unpaired) electrons. The lowest BCUT2D eigenvalue weighted by molar-refractivity contribution is -0.140. The summed E-state index contributed by atoms with van der Waals surface area (Å²) in [5.74, 6) is -0.144. The van der Waals surface area contributed by atoms with Crippen LogP contribution in [0.2, 0.25) is 0 Å². The predicted molar refractivity (Wildman–Crippen MR) is 99.8 cm³/mol. The first kappa shape index (κ1) is 19.6. The maximum absolute atomic E-state index is 12.0. The molecule has 0 aromatic heterocycles. The fourth-order valence-corrected chi connectivity index (χ4v) is 3.28. The number of carbonyl (C=O) groups excluding carboxylic acids is 1. The first-order valence-electron chi connectivity index (χ1n) is 8.11. The first-order chi connectivity index (χ1) is 11.0. The van der Waals surface area contributed by atoms with Gasteiger partial charge in [0.2, 0.25) is 0 Å². The molecular weight excluding hydrogens is 304 g/mol. The number of rotatable bonds is 9. The number of hydrogen-bond donors (Lipinski definition) is 0. The van der Waals surface area contributed by atoms with Crippen molar-refractivity contribution in [2.45, 2.75) is 56.6 Å². The average Bonchev–Trinajstić information content (AvgIpc) is 2.53. The monoisotopic (exact) mass is 332 g/mol. The summed E-state index contributed by atoms with van der Waals surface area (Å²) in [5, 5.41) is -0.149. The van der Waals surface area contributed by atoms with Gasteiger partial charge in [0.1, 0.15) is 5.25 Å². The van der Waals surface area contributed by atoms with Gasteiger partial charge < -0.3 is 4.74 Å². The Bertz CT molecular complexity index is 528. The molecule has 0 saturated carbocycles. The van der Waals surface area contributed by atoms with Crippen molar-refractivity contribution in [1.29, 1.82) is 0 Å². The van der Waals surface area contributed by atoms with Crippen LogP contribution in [0.4, 0.5) is 0 Å². The van der Waals surface area contributed by atoms with E-state index in [0.29, 0.717) is 0 Å². The van der Waals surface area contributed by atoms with Crippen molar-refractivity contribution in [3.63, 3.8) is 0 Å². The maximum atomic E-state index is 12.0. The molecular formula is C20H28O2S. The molecule has 0 fully saturated rings. The third-order valence-corrected chi connectivity index (χ3v) is 4.76. The van der Waals surface area contributed by atoms with Gasteiger partial charge in [-0.2, -0.15) is 0 Å². The summed E-state index contributed by atoms with van der Waals surface area (Å²) in [6, 6.07) is 10.0. The molecule has 2 nitrogen and oxygen atoms in total. The zero-order valence-electron chi connectivity index (χ0n) is 14.7. The van der Waals surface area contributed by atoms with E-state index >= 15 is 0 Å². The predicted octanol–water partition coefficient (Wildman–Crippen LogP) is 5.79. The second-order valence-electron chi connectivity index (χ2n) is 5.89. The van der Waals surface area contributed by atoms with Crippen LogP contribution in [0.25, 0.3) is 0 Å². The highest BCUT2D eigenvalue weighted by Gasteiger charge is 2.19. The summed E-state index contributed by atoms with van der Waals surface area (Å²) in [4.78, 5) is 13.1. The second kappa shape index (κ2) is 11.1. The average molecular weight is 333 g/mol. The molecule has 1 atom stereocenters. The van der Waals surface area contributed by atoms with Gasteiger partial charge in [0.05, 0.1) is 7.11 Å². The van der Waals surface area contributed by atoms with Crippen LogP contribution >= 0.6 is 11.8 Å². The van der Waals surface area contributed by atoms with Crippen LogP contribution in [0.15, 0.2) is 58.5 Å². The van der Waals surface area contributed by atoms with Crippen LogP contribution < -0.4 is 0 Å². The SMILES string of the molecule is COC(=O)C(CC/C=C(\C)CCC=C(C)C)Sc1ccccc1. The second-order valence-corrected chi connectivity index (χ2v) is 7.17. The van der Waals surface area contributed by atoms with Crippen LogP contribution in [0.3, 0.4) is 0 Å². The summed E-state index contributed by atoms with van der Waals surface area (Å²) in [6.45, 7) is 6.41. The van der Waals surface area contributed by atoms with E-state index in [9.17, 15) is 4.79 Å². The molecule has 23 heavy (non-hydrogen) atoms. The van der Waals surface area contributed by atoms with Crippen LogP contribution in [0.5, 0.6) is 0 Å². The van der Waals surface area contributed by atoms with Gasteiger partial charge in [-0.05, 0) is 58.6 Å². The van der Waals surface area contributed by atoms with Crippen molar-refractivity contribution in [3.8, 4) is 0 Å². The Kier molecular flexibility index (Phi) is 9.46. The fourth-order valence-electron chi connectivity index (χ4n) is 2.19. The van der Waals surface area contributed by atoms with Gasteiger partial charge in [-0.1, -0.05) is 41.5 Å². The zero-order chi connectivity index (χ0) is 17.1. The lowest BCUT2D eigenvalue weighted by Gasteiger charge is -2.13. The molecule has 0 spiro atoms. The molecule has 1 rings (SSSR count). The third-order valence-electron chi connectivity index (χ3n) is 3.50. The molecule has 1 unspecified atom stereocenters. The quantitative estimate of drug-likeness (QED) is 0.325. The van der Waals surface area contributed by atoms with E-state index in [2.05, 4.69) is 32.9 Å². The molecule has 1 aromatic rings. The van der Waals surface area contributed by atoms with Crippen molar-refractivity contribution in [3.05, 3.63) is 53.6 Å². The van der Waals surface area contributed by atoms with E-state index in [4.69, 9.17) is 4.74 Å². The van der Waals surface area contributed by atoms with Crippen LogP contribution in [-0.2, 0) is 9.53 Å². The van der Waals surface area contributed by atoms with Crippen molar-refractivity contribution in [2.24, 2.45) is 0 Å². The molecule has 0 aliphatic heterocycles. The number of thioether (sulfide) groups is 1. The summed E-state index contributed by atoms with van der Waals surface area (Å²) in [5.41, 5.74) is 2.75. The number of methoxy groups -OCH3 is 1. The third kappa shape index (κ3) is 8.65. The van der Waals surface area contributed by atoms with Crippen LogP contribution in [0.1, 0.15) is 46.5 Å². The number of esters is 1. The van der Waals surface area contributed by atoms with Gasteiger partial charge in [-0.25, -0.2) is 0 Å². The summed E-state index contributed by atoms with van der Waals surface area (Å²) < 4.78 is 4.95. The fraction of sp³-hybridized carbons (Fsp3) is 0.450. The summed E-state index contributed by atoms with van der Waals surface area (Å²) in [6.07, 6.45) is 8.39. The Morgan fingerprint density at radius 3 is 2.43 bits per heavy atom. The number of carbonyl (C=O) groups is 1. The molecule has 3 heteroatoms. The number of benzene rings is 1. The van der Waals surface area contributed by atoms with E-state index in [1.807, 2.05) is 30.3 Å². The van der Waals surface area contributed by atoms with Gasteiger partial charge in [-0.3, -0.25) is 4.79 Å². The minimum Gasteiger partial charge on any atom is -0.468 e. The van der Waals surface area contributed by atoms with E-state index in [1.165, 1.54) is 18.3 Å². The van der Waals surface area contributed by atoms with Gasteiger partial charge in [0, 0.05) is 4.90 Å². The van der Waals surface area contributed by atoms with E-state index in [0.717, 1.165) is 30.6 Å². The van der Waals surface area contributed by atoms with Crippen molar-refractivity contribution >= 4 is 17.7 Å². The van der Waals surface area contributed by atoms with Gasteiger partial charge in [0.15, 0.2) is 0 Å². The molecule has 0 aliphatic carbocycles. The Morgan fingerprint density at radius 1 is 1.13 bits per heavy atom. The van der Waals surface area contributed by atoms with E-state index < -0.39 is 0 Å². The smallest absolute Gasteiger partial charge is 0.319 e. The van der Waals surface area contributed by atoms with Gasteiger partial charge in [0.25, 0.3) is 0 Å². The topological polar surface area (TPSA) is 26.3 Å². The van der Waals surface area contributed by atoms with Gasteiger partial charge in [-0.15, -0.1) is 11.8 Å². The highest BCUT2D eigenvalue weighted by atomic mass is 32.2. The molecule has 1 aromatic carbocycles. The molecule has 126 valence electrons. The van der Waals surface area contributed by atoms with Crippen LogP contribution in [-0.4, -0.2) is 18.3 Å². The highest BCUT2D eigenvalue weighted by molar-refractivity contribution is 8.00. The number of allylic oxidation sites excluding steroid dienone is 4. The first-order valence-corrected chi connectivity index (χ1v) is 8.99. The summed E-state index contributed by atoms with van der Waals surface area (Å²) in [7, 11) is 1.46. The van der Waals surface area contributed by atoms with Crippen molar-refractivity contribution < 1.29 is 9.53 Å². The van der Waals surface area contributed by atoms with Crippen LogP contribution in [0, 0.1) is 0 Å². The van der Waals surface area contributed by atoms with E-state index in [1.54, 1.807) is 11.8 Å². The van der Waals surface area contributed by atoms with Gasteiger partial charge >= 0.3 is 5.97 Å². The lowest BCUT2D eigenvalue weighted by atomic mass is 10.1. The Hall–Kier alpha value is -1.48. The molecule has 0 heterocycles. The Morgan fingerprint density at radius 2 is 1.83 bits per heavy atom. The molecule has 0 N–H and O–H groups in total. The Balaban J connectivity index is 2.51. The lowest BCUT2D eigenvalue weighted by Crippen LogP contribution is -2.18. The molecule has 0 saturated heterocycles. The number of ether oxygens (including phenoxy) is 1. The molecule has 0 amide bonds.